The molecule has 4 aliphatic rings. The largest absolute Gasteiger partial charge is 0.337 e. The molecule has 29 heavy (non-hydrogen) atoms. The molecular weight excluding hydrogens is 407 g/mol. The Morgan fingerprint density at radius 2 is 1.79 bits per heavy atom. The number of imidazole rings is 1. The summed E-state index contributed by atoms with van der Waals surface area (Å²) >= 11 is 12.6. The van der Waals surface area contributed by atoms with Gasteiger partial charge in [0.2, 0.25) is 0 Å². The smallest absolute Gasteiger partial charge is 0.173 e. The van der Waals surface area contributed by atoms with Crippen LogP contribution >= 0.6 is 23.2 Å². The van der Waals surface area contributed by atoms with Gasteiger partial charge in [0.15, 0.2) is 11.1 Å². The third-order valence-electron chi connectivity index (χ3n) is 7.36. The van der Waals surface area contributed by atoms with E-state index < -0.39 is 0 Å². The Bertz CT molecular complexity index is 1120. The summed E-state index contributed by atoms with van der Waals surface area (Å²) < 4.78 is 1.91. The average molecular weight is 429 g/mol. The number of fused-ring (bicyclic) bond motifs is 1. The summed E-state index contributed by atoms with van der Waals surface area (Å²) in [6, 6.07) is 1.73. The van der Waals surface area contributed by atoms with Crippen molar-refractivity contribution >= 4 is 34.4 Å². The molecule has 4 aliphatic carbocycles. The SMILES string of the molecule is N=c1ncn(Cc2c(Cl)ccnc2Cl)c2nc(C3C4CC5CC(C4)CC3C5)[nH]c12. The van der Waals surface area contributed by atoms with Crippen LogP contribution in [0.1, 0.15) is 49.4 Å². The van der Waals surface area contributed by atoms with Gasteiger partial charge in [-0.3, -0.25) is 5.41 Å². The van der Waals surface area contributed by atoms with Crippen molar-refractivity contribution in [3.8, 4) is 0 Å². The number of pyridine rings is 1. The van der Waals surface area contributed by atoms with Gasteiger partial charge in [-0.1, -0.05) is 23.2 Å². The number of H-pyrrole nitrogens is 1. The molecule has 6 nitrogen and oxygen atoms in total. The van der Waals surface area contributed by atoms with Crippen LogP contribution in [0, 0.1) is 29.1 Å². The summed E-state index contributed by atoms with van der Waals surface area (Å²) in [7, 11) is 0. The molecule has 4 saturated carbocycles. The second-order valence-electron chi connectivity index (χ2n) is 9.06. The number of nitrogens with zero attached hydrogens (tertiary/aromatic N) is 4. The molecular formula is C21H22Cl2N6. The van der Waals surface area contributed by atoms with Crippen LogP contribution in [0.5, 0.6) is 0 Å². The van der Waals surface area contributed by atoms with Crippen LogP contribution < -0.4 is 5.49 Å². The van der Waals surface area contributed by atoms with Crippen molar-refractivity contribution in [3.05, 3.63) is 45.6 Å². The lowest BCUT2D eigenvalue weighted by Crippen LogP contribution is -2.44. The summed E-state index contributed by atoms with van der Waals surface area (Å²) in [5, 5.41) is 9.24. The summed E-state index contributed by atoms with van der Waals surface area (Å²) in [4.78, 5) is 16.9. The van der Waals surface area contributed by atoms with Crippen LogP contribution in [-0.4, -0.2) is 24.5 Å². The minimum atomic E-state index is 0.224. The Labute approximate surface area is 178 Å². The molecule has 2 N–H and O–H groups in total. The van der Waals surface area contributed by atoms with Crippen molar-refractivity contribution in [1.29, 1.82) is 5.41 Å². The van der Waals surface area contributed by atoms with E-state index in [-0.39, 0.29) is 5.49 Å². The van der Waals surface area contributed by atoms with E-state index in [0.717, 1.165) is 40.7 Å². The zero-order valence-corrected chi connectivity index (χ0v) is 17.4. The summed E-state index contributed by atoms with van der Waals surface area (Å²) in [6.45, 7) is 0.418. The van der Waals surface area contributed by atoms with Crippen LogP contribution in [0.2, 0.25) is 10.2 Å². The molecule has 0 radical (unpaired) electrons. The maximum atomic E-state index is 8.29. The van der Waals surface area contributed by atoms with E-state index in [4.69, 9.17) is 33.6 Å². The predicted octanol–water partition coefficient (Wildman–Crippen LogP) is 4.53. The standard InChI is InChI=1S/C21H22Cl2N6/c22-15-1-2-25-18(23)14(15)8-29-9-26-19(24)17-21(29)28-20(27-17)16-12-4-10-3-11(6-12)7-13(16)5-10/h1-2,9-13,16,24H,3-8H2,(H,27,28). The molecule has 3 aromatic heterocycles. The van der Waals surface area contributed by atoms with Crippen molar-refractivity contribution in [2.24, 2.45) is 23.7 Å². The topological polar surface area (TPSA) is 83.2 Å². The lowest BCUT2D eigenvalue weighted by molar-refractivity contribution is -0.00529. The van der Waals surface area contributed by atoms with Gasteiger partial charge in [-0.2, -0.15) is 0 Å². The fraction of sp³-hybridized carbons (Fsp3) is 0.524. The molecule has 3 aromatic rings. The molecule has 0 amide bonds. The number of halogens is 2. The van der Waals surface area contributed by atoms with Crippen LogP contribution in [0.25, 0.3) is 11.2 Å². The lowest BCUT2D eigenvalue weighted by atomic mass is 9.52. The van der Waals surface area contributed by atoms with Gasteiger partial charge in [0.1, 0.15) is 16.5 Å². The molecule has 4 bridgehead atoms. The highest BCUT2D eigenvalue weighted by Gasteiger charge is 2.49. The number of hydrogen-bond acceptors (Lipinski definition) is 4. The maximum Gasteiger partial charge on any atom is 0.173 e. The van der Waals surface area contributed by atoms with E-state index in [1.54, 1.807) is 18.6 Å². The van der Waals surface area contributed by atoms with Crippen molar-refractivity contribution in [2.75, 3.05) is 0 Å². The second kappa shape index (κ2) is 6.54. The third kappa shape index (κ3) is 2.83. The van der Waals surface area contributed by atoms with Crippen LogP contribution in [0.4, 0.5) is 0 Å². The van der Waals surface area contributed by atoms with Gasteiger partial charge < -0.3 is 9.55 Å². The Morgan fingerprint density at radius 3 is 2.48 bits per heavy atom. The zero-order chi connectivity index (χ0) is 19.7. The van der Waals surface area contributed by atoms with E-state index in [2.05, 4.69) is 15.0 Å². The number of rotatable bonds is 3. The average Bonchev–Trinajstić information content (AvgIpc) is 3.12. The molecule has 0 aliphatic heterocycles. The number of aromatic amines is 1. The Kier molecular flexibility index (Phi) is 4.04. The summed E-state index contributed by atoms with van der Waals surface area (Å²) in [5.41, 5.74) is 2.39. The molecule has 0 atom stereocenters. The normalized spacial score (nSPS) is 30.3. The predicted molar refractivity (Wildman–Crippen MR) is 111 cm³/mol. The number of aromatic nitrogens is 5. The highest BCUT2D eigenvalue weighted by molar-refractivity contribution is 6.35. The molecule has 0 unspecified atom stereocenters. The lowest BCUT2D eigenvalue weighted by Gasteiger charge is -2.53. The molecule has 0 spiro atoms. The summed E-state index contributed by atoms with van der Waals surface area (Å²) in [6.07, 6.45) is 10.0. The molecule has 8 heteroatoms. The van der Waals surface area contributed by atoms with Gasteiger partial charge in [-0.25, -0.2) is 15.0 Å². The fourth-order valence-electron chi connectivity index (χ4n) is 6.40. The molecule has 4 fully saturated rings. The van der Waals surface area contributed by atoms with E-state index in [0.29, 0.717) is 28.2 Å². The van der Waals surface area contributed by atoms with E-state index >= 15 is 0 Å². The van der Waals surface area contributed by atoms with Gasteiger partial charge in [-0.15, -0.1) is 0 Å². The van der Waals surface area contributed by atoms with Gasteiger partial charge in [0, 0.05) is 17.7 Å². The zero-order valence-electron chi connectivity index (χ0n) is 15.9. The Balaban J connectivity index is 1.43. The highest BCUT2D eigenvalue weighted by Crippen LogP contribution is 2.59. The Hall–Kier alpha value is -1.92. The first-order chi connectivity index (χ1) is 14.1. The highest BCUT2D eigenvalue weighted by atomic mass is 35.5. The molecule has 7 rings (SSSR count). The summed E-state index contributed by atoms with van der Waals surface area (Å²) in [5.74, 6) is 4.81. The first-order valence-corrected chi connectivity index (χ1v) is 11.1. The van der Waals surface area contributed by atoms with Crippen molar-refractivity contribution in [1.82, 2.24) is 24.5 Å². The van der Waals surface area contributed by atoms with Crippen LogP contribution in [0.15, 0.2) is 18.6 Å². The van der Waals surface area contributed by atoms with Crippen LogP contribution in [0.3, 0.4) is 0 Å². The van der Waals surface area contributed by atoms with Crippen LogP contribution in [-0.2, 0) is 6.54 Å². The Morgan fingerprint density at radius 1 is 1.07 bits per heavy atom. The van der Waals surface area contributed by atoms with Crippen molar-refractivity contribution in [2.45, 2.75) is 44.6 Å². The van der Waals surface area contributed by atoms with E-state index in [1.807, 2.05) is 4.57 Å². The fourth-order valence-corrected chi connectivity index (χ4v) is 6.87. The van der Waals surface area contributed by atoms with Crippen molar-refractivity contribution < 1.29 is 0 Å². The van der Waals surface area contributed by atoms with E-state index in [9.17, 15) is 0 Å². The molecule has 0 aromatic carbocycles. The minimum absolute atomic E-state index is 0.224. The minimum Gasteiger partial charge on any atom is -0.337 e. The first kappa shape index (κ1) is 17.9. The van der Waals surface area contributed by atoms with Gasteiger partial charge in [-0.05, 0) is 61.8 Å². The van der Waals surface area contributed by atoms with Gasteiger partial charge >= 0.3 is 0 Å². The molecule has 150 valence electrons. The maximum absolute atomic E-state index is 8.29. The van der Waals surface area contributed by atoms with E-state index in [1.165, 1.54) is 32.1 Å². The third-order valence-corrected chi connectivity index (χ3v) is 8.03. The monoisotopic (exact) mass is 428 g/mol. The number of hydrogen-bond donors (Lipinski definition) is 2. The quantitative estimate of drug-likeness (QED) is 0.600. The second-order valence-corrected chi connectivity index (χ2v) is 9.83. The van der Waals surface area contributed by atoms with Gasteiger partial charge in [0.05, 0.1) is 17.9 Å². The molecule has 0 saturated heterocycles. The number of nitrogens with one attached hydrogen (secondary N) is 2. The van der Waals surface area contributed by atoms with Crippen molar-refractivity contribution in [3.63, 3.8) is 0 Å². The first-order valence-electron chi connectivity index (χ1n) is 10.4. The van der Waals surface area contributed by atoms with Gasteiger partial charge in [0.25, 0.3) is 0 Å². The molecule has 3 heterocycles.